The minimum atomic E-state index is -0.367. The van der Waals surface area contributed by atoms with Crippen LogP contribution in [0.4, 0.5) is 0 Å². The van der Waals surface area contributed by atoms with Gasteiger partial charge < -0.3 is 4.74 Å². The molecule has 1 aliphatic carbocycles. The van der Waals surface area contributed by atoms with Gasteiger partial charge in [0.1, 0.15) is 0 Å². The van der Waals surface area contributed by atoms with Gasteiger partial charge in [-0.25, -0.2) is 9.90 Å². The SMILES string of the molecule is [O]CC1CCC(COC(=O)c2ccc([C]=O)cc2)CC1. The molecule has 20 heavy (non-hydrogen) atoms. The van der Waals surface area contributed by atoms with Crippen molar-refractivity contribution in [1.29, 1.82) is 0 Å². The number of esters is 1. The number of carbonyl (C=O) groups is 1. The van der Waals surface area contributed by atoms with Crippen LogP contribution < -0.4 is 0 Å². The number of carbonyl (C=O) groups excluding carboxylic acids is 2. The molecule has 0 heterocycles. The number of hydrogen-bond acceptors (Lipinski definition) is 3. The van der Waals surface area contributed by atoms with Gasteiger partial charge in [-0.15, -0.1) is 0 Å². The number of ether oxygens (including phenoxy) is 1. The topological polar surface area (TPSA) is 63.3 Å². The van der Waals surface area contributed by atoms with Crippen molar-refractivity contribution in [3.63, 3.8) is 0 Å². The Morgan fingerprint density at radius 1 is 1.10 bits per heavy atom. The van der Waals surface area contributed by atoms with Gasteiger partial charge in [-0.2, -0.15) is 0 Å². The van der Waals surface area contributed by atoms with Gasteiger partial charge in [0, 0.05) is 5.56 Å². The summed E-state index contributed by atoms with van der Waals surface area (Å²) in [5.74, 6) is 0.298. The van der Waals surface area contributed by atoms with Gasteiger partial charge in [-0.3, -0.25) is 4.79 Å². The fraction of sp³-hybridized carbons (Fsp3) is 0.500. The third kappa shape index (κ3) is 3.90. The molecule has 0 saturated heterocycles. The van der Waals surface area contributed by atoms with Crippen LogP contribution in [0.3, 0.4) is 0 Å². The molecule has 1 aliphatic rings. The quantitative estimate of drug-likeness (QED) is 0.775. The molecule has 106 valence electrons. The summed E-state index contributed by atoms with van der Waals surface area (Å²) in [4.78, 5) is 22.2. The lowest BCUT2D eigenvalue weighted by atomic mass is 9.83. The molecular weight excluding hydrogens is 256 g/mol. The molecule has 0 unspecified atom stereocenters. The molecule has 0 aromatic heterocycles. The molecule has 1 fully saturated rings. The van der Waals surface area contributed by atoms with Crippen molar-refractivity contribution in [3.8, 4) is 0 Å². The molecule has 4 nitrogen and oxygen atoms in total. The van der Waals surface area contributed by atoms with Crippen LogP contribution in [0.1, 0.15) is 41.6 Å². The van der Waals surface area contributed by atoms with E-state index in [0.29, 0.717) is 29.6 Å². The zero-order chi connectivity index (χ0) is 14.4. The Labute approximate surface area is 118 Å². The van der Waals surface area contributed by atoms with E-state index in [4.69, 9.17) is 4.74 Å². The molecule has 0 aliphatic heterocycles. The van der Waals surface area contributed by atoms with Crippen molar-refractivity contribution in [2.75, 3.05) is 13.2 Å². The first-order valence-corrected chi connectivity index (χ1v) is 6.96. The lowest BCUT2D eigenvalue weighted by Gasteiger charge is -2.26. The van der Waals surface area contributed by atoms with Crippen LogP contribution >= 0.6 is 0 Å². The zero-order valence-corrected chi connectivity index (χ0v) is 11.3. The first-order valence-electron chi connectivity index (χ1n) is 6.96. The second-order valence-corrected chi connectivity index (χ2v) is 5.33. The third-order valence-electron chi connectivity index (χ3n) is 3.89. The fourth-order valence-corrected chi connectivity index (χ4v) is 2.52. The smallest absolute Gasteiger partial charge is 0.338 e. The largest absolute Gasteiger partial charge is 0.462 e. The van der Waals surface area contributed by atoms with Crippen molar-refractivity contribution in [3.05, 3.63) is 35.4 Å². The molecule has 0 bridgehead atoms. The third-order valence-corrected chi connectivity index (χ3v) is 3.89. The second-order valence-electron chi connectivity index (χ2n) is 5.33. The molecule has 2 rings (SSSR count). The van der Waals surface area contributed by atoms with E-state index in [2.05, 4.69) is 0 Å². The lowest BCUT2D eigenvalue weighted by molar-refractivity contribution is 0.0360. The van der Waals surface area contributed by atoms with E-state index in [-0.39, 0.29) is 12.6 Å². The van der Waals surface area contributed by atoms with Gasteiger partial charge in [-0.05, 0) is 49.7 Å². The molecule has 0 N–H and O–H groups in total. The summed E-state index contributed by atoms with van der Waals surface area (Å²) in [6.07, 6.45) is 5.55. The van der Waals surface area contributed by atoms with E-state index in [1.54, 1.807) is 30.6 Å². The Morgan fingerprint density at radius 2 is 1.70 bits per heavy atom. The molecular formula is C16H18O4. The lowest BCUT2D eigenvalue weighted by Crippen LogP contribution is -2.21. The average molecular weight is 274 g/mol. The number of hydrogen-bond donors (Lipinski definition) is 0. The predicted octanol–water partition coefficient (Wildman–Crippen LogP) is 2.54. The van der Waals surface area contributed by atoms with Crippen LogP contribution in [0.5, 0.6) is 0 Å². The van der Waals surface area contributed by atoms with E-state index >= 15 is 0 Å². The summed E-state index contributed by atoms with van der Waals surface area (Å²) in [5.41, 5.74) is 0.856. The highest BCUT2D eigenvalue weighted by molar-refractivity contribution is 5.90. The predicted molar refractivity (Wildman–Crippen MR) is 72.5 cm³/mol. The summed E-state index contributed by atoms with van der Waals surface area (Å²) in [6.45, 7) is 0.415. The maximum Gasteiger partial charge on any atom is 0.338 e. The zero-order valence-electron chi connectivity index (χ0n) is 11.3. The van der Waals surface area contributed by atoms with Crippen LogP contribution in [-0.2, 0) is 14.6 Å². The molecule has 1 saturated carbocycles. The average Bonchev–Trinajstić information content (AvgIpc) is 2.53. The fourth-order valence-electron chi connectivity index (χ4n) is 2.52. The number of benzene rings is 1. The van der Waals surface area contributed by atoms with E-state index in [9.17, 15) is 14.7 Å². The molecule has 1 aromatic carbocycles. The van der Waals surface area contributed by atoms with Gasteiger partial charge in [0.2, 0.25) is 6.29 Å². The van der Waals surface area contributed by atoms with Gasteiger partial charge in [0.25, 0.3) is 0 Å². The highest BCUT2D eigenvalue weighted by atomic mass is 16.5. The van der Waals surface area contributed by atoms with Crippen LogP contribution in [0.2, 0.25) is 0 Å². The minimum absolute atomic E-state index is 0.00655. The molecule has 0 atom stereocenters. The van der Waals surface area contributed by atoms with Crippen molar-refractivity contribution in [2.24, 2.45) is 11.8 Å². The van der Waals surface area contributed by atoms with E-state index in [1.807, 2.05) is 0 Å². The summed E-state index contributed by atoms with van der Waals surface area (Å²) in [7, 11) is 0. The monoisotopic (exact) mass is 274 g/mol. The van der Waals surface area contributed by atoms with Gasteiger partial charge in [0.05, 0.1) is 18.8 Å². The molecule has 2 radical (unpaired) electrons. The Bertz CT molecular complexity index is 444. The molecule has 4 heteroatoms. The van der Waals surface area contributed by atoms with Crippen molar-refractivity contribution in [2.45, 2.75) is 25.7 Å². The summed E-state index contributed by atoms with van der Waals surface area (Å²) >= 11 is 0. The summed E-state index contributed by atoms with van der Waals surface area (Å²) in [5, 5.41) is 10.8. The van der Waals surface area contributed by atoms with Crippen molar-refractivity contribution < 1.29 is 19.4 Å². The Morgan fingerprint density at radius 3 is 2.25 bits per heavy atom. The standard InChI is InChI=1S/C16H18O4/c17-9-12-1-3-14(4-2-12)11-20-16(19)15-7-5-13(10-18)6-8-15/h5-8,12,14H,1-4,9,11H2. The van der Waals surface area contributed by atoms with E-state index in [1.165, 1.54) is 0 Å². The maximum absolute atomic E-state index is 11.8. The Hall–Kier alpha value is -1.68. The van der Waals surface area contributed by atoms with E-state index in [0.717, 1.165) is 25.7 Å². The maximum atomic E-state index is 11.8. The van der Waals surface area contributed by atoms with Gasteiger partial charge in [0.15, 0.2) is 0 Å². The molecule has 0 spiro atoms. The first-order chi connectivity index (χ1) is 9.72. The van der Waals surface area contributed by atoms with Gasteiger partial charge in [-0.1, -0.05) is 12.1 Å². The van der Waals surface area contributed by atoms with Gasteiger partial charge >= 0.3 is 5.97 Å². The van der Waals surface area contributed by atoms with Crippen LogP contribution in [-0.4, -0.2) is 25.5 Å². The highest BCUT2D eigenvalue weighted by Gasteiger charge is 2.22. The summed E-state index contributed by atoms with van der Waals surface area (Å²) in [6, 6.07) is 6.22. The molecule has 1 aromatic rings. The van der Waals surface area contributed by atoms with E-state index < -0.39 is 0 Å². The normalized spacial score (nSPS) is 22.2. The Kier molecular flexibility index (Phi) is 5.30. The first kappa shape index (κ1) is 14.7. The van der Waals surface area contributed by atoms with Crippen LogP contribution in [0.25, 0.3) is 0 Å². The Balaban J connectivity index is 1.78. The second kappa shape index (κ2) is 7.20. The molecule has 0 amide bonds. The van der Waals surface area contributed by atoms with Crippen molar-refractivity contribution in [1.82, 2.24) is 0 Å². The minimum Gasteiger partial charge on any atom is -0.462 e. The highest BCUT2D eigenvalue weighted by Crippen LogP contribution is 2.28. The summed E-state index contributed by atoms with van der Waals surface area (Å²) < 4.78 is 5.29. The van der Waals surface area contributed by atoms with Crippen LogP contribution in [0.15, 0.2) is 24.3 Å². The van der Waals surface area contributed by atoms with Crippen molar-refractivity contribution >= 4 is 12.3 Å². The van der Waals surface area contributed by atoms with Crippen LogP contribution in [0, 0.1) is 11.8 Å². The number of rotatable bonds is 5.